The number of amides is 2. The number of hydrogen-bond donors (Lipinski definition) is 3. The lowest BCUT2D eigenvalue weighted by atomic mass is 9.84. The van der Waals surface area contributed by atoms with Crippen molar-refractivity contribution < 1.29 is 14.7 Å². The van der Waals surface area contributed by atoms with Gasteiger partial charge in [0.2, 0.25) is 0 Å². The second kappa shape index (κ2) is 5.96. The minimum Gasteiger partial charge on any atom is -0.481 e. The molecule has 0 spiro atoms. The zero-order chi connectivity index (χ0) is 15.0. The summed E-state index contributed by atoms with van der Waals surface area (Å²) in [6.45, 7) is 0.459. The second-order valence-electron chi connectivity index (χ2n) is 5.78. The van der Waals surface area contributed by atoms with Gasteiger partial charge >= 0.3 is 12.0 Å². The van der Waals surface area contributed by atoms with Crippen LogP contribution in [0.4, 0.5) is 4.79 Å². The number of nitrogens with one attached hydrogen (secondary N) is 2. The Morgan fingerprint density at radius 2 is 2.14 bits per heavy atom. The predicted octanol–water partition coefficient (Wildman–Crippen LogP) is 2.81. The lowest BCUT2D eigenvalue weighted by Crippen LogP contribution is -2.50. The monoisotopic (exact) mass is 372 g/mol. The van der Waals surface area contributed by atoms with Crippen molar-refractivity contribution in [3.63, 3.8) is 0 Å². The Morgan fingerprint density at radius 3 is 2.81 bits per heavy atom. The fraction of sp³-hybridized carbons (Fsp3) is 0.571. The summed E-state index contributed by atoms with van der Waals surface area (Å²) in [6.07, 6.45) is 2.93. The summed E-state index contributed by atoms with van der Waals surface area (Å²) in [7, 11) is 0. The first kappa shape index (κ1) is 14.8. The first-order valence-electron chi connectivity index (χ1n) is 7.04. The molecule has 5 nitrogen and oxygen atoms in total. The van der Waals surface area contributed by atoms with Crippen molar-refractivity contribution in [1.29, 1.82) is 0 Å². The van der Waals surface area contributed by atoms with Crippen molar-refractivity contribution in [1.82, 2.24) is 10.6 Å². The maximum absolute atomic E-state index is 12.0. The van der Waals surface area contributed by atoms with Crippen LogP contribution < -0.4 is 10.6 Å². The number of fused-ring (bicyclic) bond motifs is 2. The molecule has 3 N–H and O–H groups in total. The van der Waals surface area contributed by atoms with Gasteiger partial charge in [0.25, 0.3) is 0 Å². The summed E-state index contributed by atoms with van der Waals surface area (Å²) in [5, 5.41) is 17.0. The normalized spacial score (nSPS) is 30.3. The number of urea groups is 1. The van der Waals surface area contributed by atoms with E-state index in [0.717, 1.165) is 28.6 Å². The lowest BCUT2D eigenvalue weighted by molar-refractivity contribution is -0.144. The van der Waals surface area contributed by atoms with E-state index in [2.05, 4.69) is 26.6 Å². The van der Waals surface area contributed by atoms with Crippen LogP contribution in [0.5, 0.6) is 0 Å². The molecule has 1 aromatic heterocycles. The molecule has 4 atom stereocenters. The standard InChI is InChI=1S/C14H17BrN2O3S/c15-9-4-10(21-6-9)5-16-14(20)17-12-8-2-1-7(3-8)11(12)13(18)19/h4,6-8,11-12H,1-3,5H2,(H,18,19)(H2,16,17,20). The highest BCUT2D eigenvalue weighted by Crippen LogP contribution is 2.48. The maximum atomic E-state index is 12.0. The molecule has 0 radical (unpaired) electrons. The van der Waals surface area contributed by atoms with Crippen LogP contribution in [0.1, 0.15) is 24.1 Å². The van der Waals surface area contributed by atoms with Gasteiger partial charge in [-0.2, -0.15) is 0 Å². The number of carbonyl (C=O) groups is 2. The average molecular weight is 373 g/mol. The number of rotatable bonds is 4. The third-order valence-electron chi connectivity index (χ3n) is 4.54. The van der Waals surface area contributed by atoms with E-state index in [0.29, 0.717) is 12.5 Å². The van der Waals surface area contributed by atoms with Crippen LogP contribution in [0.25, 0.3) is 0 Å². The Hall–Kier alpha value is -1.08. The molecule has 0 saturated heterocycles. The Morgan fingerprint density at radius 1 is 1.38 bits per heavy atom. The van der Waals surface area contributed by atoms with Crippen molar-refractivity contribution in [3.05, 3.63) is 20.8 Å². The van der Waals surface area contributed by atoms with Gasteiger partial charge in [0, 0.05) is 20.8 Å². The minimum absolute atomic E-state index is 0.226. The highest BCUT2D eigenvalue weighted by molar-refractivity contribution is 9.10. The van der Waals surface area contributed by atoms with Crippen LogP contribution in [-0.2, 0) is 11.3 Å². The van der Waals surface area contributed by atoms with Crippen molar-refractivity contribution in [2.24, 2.45) is 17.8 Å². The Labute approximate surface area is 135 Å². The Balaban J connectivity index is 1.55. The number of carboxylic acid groups (broad SMARTS) is 1. The third-order valence-corrected chi connectivity index (χ3v) is 6.24. The minimum atomic E-state index is -0.783. The molecule has 4 unspecified atom stereocenters. The van der Waals surface area contributed by atoms with Gasteiger partial charge in [0.15, 0.2) is 0 Å². The first-order valence-corrected chi connectivity index (χ1v) is 8.72. The van der Waals surface area contributed by atoms with Crippen molar-refractivity contribution >= 4 is 39.3 Å². The average Bonchev–Trinajstić information content (AvgIpc) is 3.11. The molecule has 1 heterocycles. The van der Waals surface area contributed by atoms with E-state index >= 15 is 0 Å². The van der Waals surface area contributed by atoms with Crippen molar-refractivity contribution in [2.45, 2.75) is 31.8 Å². The van der Waals surface area contributed by atoms with Gasteiger partial charge in [-0.05, 0) is 53.1 Å². The molecule has 2 saturated carbocycles. The predicted molar refractivity (Wildman–Crippen MR) is 83.1 cm³/mol. The van der Waals surface area contributed by atoms with E-state index in [1.165, 1.54) is 0 Å². The molecule has 0 aliphatic heterocycles. The number of hydrogen-bond acceptors (Lipinski definition) is 3. The van der Waals surface area contributed by atoms with Gasteiger partial charge in [-0.15, -0.1) is 11.3 Å². The summed E-state index contributed by atoms with van der Waals surface area (Å²) in [6, 6.07) is 1.46. The molecule has 2 amide bonds. The number of carboxylic acids is 1. The van der Waals surface area contributed by atoms with Crippen LogP contribution in [0.2, 0.25) is 0 Å². The van der Waals surface area contributed by atoms with Gasteiger partial charge in [0.05, 0.1) is 12.5 Å². The SMILES string of the molecule is O=C(NCc1cc(Br)cs1)NC1C2CCC(C2)C1C(=O)O. The quantitative estimate of drug-likeness (QED) is 0.760. The van der Waals surface area contributed by atoms with Crippen LogP contribution in [0.15, 0.2) is 15.9 Å². The topological polar surface area (TPSA) is 78.4 Å². The molecule has 2 bridgehead atoms. The van der Waals surface area contributed by atoms with Gasteiger partial charge in [-0.1, -0.05) is 0 Å². The Bertz CT molecular complexity index is 562. The number of halogens is 1. The van der Waals surface area contributed by atoms with E-state index in [4.69, 9.17) is 0 Å². The summed E-state index contributed by atoms with van der Waals surface area (Å²) in [4.78, 5) is 24.4. The largest absolute Gasteiger partial charge is 0.481 e. The first-order chi connectivity index (χ1) is 10.0. The summed E-state index contributed by atoms with van der Waals surface area (Å²) < 4.78 is 1.00. The van der Waals surface area contributed by atoms with E-state index in [1.807, 2.05) is 11.4 Å². The Kier molecular flexibility index (Phi) is 4.21. The smallest absolute Gasteiger partial charge is 0.315 e. The van der Waals surface area contributed by atoms with Crippen LogP contribution in [0, 0.1) is 17.8 Å². The molecule has 2 aliphatic rings. The molecule has 2 fully saturated rings. The molecule has 21 heavy (non-hydrogen) atoms. The number of aliphatic carboxylic acids is 1. The molecule has 2 aliphatic carbocycles. The molecular formula is C14H17BrN2O3S. The second-order valence-corrected chi connectivity index (χ2v) is 7.69. The van der Waals surface area contributed by atoms with Crippen LogP contribution >= 0.6 is 27.3 Å². The van der Waals surface area contributed by atoms with E-state index in [9.17, 15) is 14.7 Å². The fourth-order valence-electron chi connectivity index (χ4n) is 3.67. The lowest BCUT2D eigenvalue weighted by Gasteiger charge is -2.28. The van der Waals surface area contributed by atoms with E-state index in [1.54, 1.807) is 11.3 Å². The van der Waals surface area contributed by atoms with E-state index in [-0.39, 0.29) is 18.0 Å². The summed E-state index contributed by atoms with van der Waals surface area (Å²) in [5.41, 5.74) is 0. The highest BCUT2D eigenvalue weighted by Gasteiger charge is 2.51. The van der Waals surface area contributed by atoms with Gasteiger partial charge < -0.3 is 15.7 Å². The number of thiophene rings is 1. The molecule has 114 valence electrons. The van der Waals surface area contributed by atoms with Crippen LogP contribution in [0.3, 0.4) is 0 Å². The zero-order valence-corrected chi connectivity index (χ0v) is 13.7. The van der Waals surface area contributed by atoms with Gasteiger partial charge in [-0.25, -0.2) is 4.79 Å². The highest BCUT2D eigenvalue weighted by atomic mass is 79.9. The molecular weight excluding hydrogens is 356 g/mol. The van der Waals surface area contributed by atoms with E-state index < -0.39 is 11.9 Å². The molecule has 0 aromatic carbocycles. The summed E-state index contributed by atoms with van der Waals surface area (Å²) in [5.74, 6) is -0.663. The van der Waals surface area contributed by atoms with Gasteiger partial charge in [0.1, 0.15) is 0 Å². The molecule has 7 heteroatoms. The van der Waals surface area contributed by atoms with Gasteiger partial charge in [-0.3, -0.25) is 4.79 Å². The fourth-order valence-corrected chi connectivity index (χ4v) is 5.06. The molecule has 1 aromatic rings. The number of carbonyl (C=O) groups excluding carboxylic acids is 1. The third kappa shape index (κ3) is 3.08. The van der Waals surface area contributed by atoms with Crippen molar-refractivity contribution in [3.8, 4) is 0 Å². The van der Waals surface area contributed by atoms with Crippen molar-refractivity contribution in [2.75, 3.05) is 0 Å². The molecule has 3 rings (SSSR count). The zero-order valence-electron chi connectivity index (χ0n) is 11.3. The maximum Gasteiger partial charge on any atom is 0.315 e. The van der Waals surface area contributed by atoms with Crippen LogP contribution in [-0.4, -0.2) is 23.1 Å². The summed E-state index contributed by atoms with van der Waals surface area (Å²) >= 11 is 4.94.